The van der Waals surface area contributed by atoms with Gasteiger partial charge < -0.3 is 10.1 Å². The lowest BCUT2D eigenvalue weighted by atomic mass is 9.92. The highest BCUT2D eigenvalue weighted by molar-refractivity contribution is 5.95. The molecule has 0 spiro atoms. The van der Waals surface area contributed by atoms with Crippen LogP contribution in [0.15, 0.2) is 18.2 Å². The average Bonchev–Trinajstić information content (AvgIpc) is 2.97. The third-order valence-corrected chi connectivity index (χ3v) is 4.26. The van der Waals surface area contributed by atoms with E-state index in [-0.39, 0.29) is 42.8 Å². The summed E-state index contributed by atoms with van der Waals surface area (Å²) in [5.41, 5.74) is 0.225. The number of halogens is 2. The molecule has 1 fully saturated rings. The topological polar surface area (TPSA) is 75.7 Å². The number of likely N-dealkylation sites (N-methyl/N-ethyl adjacent to an activating group) is 1. The van der Waals surface area contributed by atoms with E-state index in [9.17, 15) is 23.2 Å². The van der Waals surface area contributed by atoms with Gasteiger partial charge in [-0.1, -0.05) is 6.08 Å². The maximum absolute atomic E-state index is 14.5. The predicted octanol–water partition coefficient (Wildman–Crippen LogP) is 2.17. The number of nitrogens with one attached hydrogen (secondary N) is 1. The third-order valence-electron chi connectivity index (χ3n) is 4.26. The lowest BCUT2D eigenvalue weighted by molar-refractivity contribution is -0.127. The van der Waals surface area contributed by atoms with Crippen LogP contribution in [0.5, 0.6) is 0 Å². The monoisotopic (exact) mass is 350 g/mol. The molecule has 1 saturated heterocycles. The van der Waals surface area contributed by atoms with E-state index in [0.29, 0.717) is 5.57 Å². The zero-order valence-corrected chi connectivity index (χ0v) is 13.5. The van der Waals surface area contributed by atoms with Crippen LogP contribution in [-0.2, 0) is 14.3 Å². The zero-order valence-electron chi connectivity index (χ0n) is 13.5. The maximum Gasteiger partial charge on any atom is 0.415 e. The second kappa shape index (κ2) is 6.62. The second-order valence-corrected chi connectivity index (χ2v) is 5.85. The van der Waals surface area contributed by atoms with Gasteiger partial charge in [0.25, 0.3) is 5.91 Å². The largest absolute Gasteiger partial charge is 0.434 e. The average molecular weight is 350 g/mol. The van der Waals surface area contributed by atoms with Crippen molar-refractivity contribution in [2.45, 2.75) is 25.4 Å². The van der Waals surface area contributed by atoms with Crippen molar-refractivity contribution >= 4 is 29.0 Å². The third kappa shape index (κ3) is 3.24. The number of hydrogen-bond acceptors (Lipinski definition) is 4. The first-order valence-electron chi connectivity index (χ1n) is 7.80. The Labute approximate surface area is 142 Å². The minimum absolute atomic E-state index is 0.0253. The summed E-state index contributed by atoms with van der Waals surface area (Å²) in [6.45, 7) is -0.131. The van der Waals surface area contributed by atoms with Gasteiger partial charge in [-0.2, -0.15) is 0 Å². The highest BCUT2D eigenvalue weighted by Gasteiger charge is 2.37. The van der Waals surface area contributed by atoms with Crippen molar-refractivity contribution in [1.29, 1.82) is 0 Å². The number of benzene rings is 1. The number of carbonyl (C=O) groups excluding carboxylic acids is 3. The van der Waals surface area contributed by atoms with Crippen LogP contribution < -0.4 is 10.2 Å². The fourth-order valence-electron chi connectivity index (χ4n) is 2.94. The molecule has 6 nitrogen and oxygen atoms in total. The molecule has 8 heteroatoms. The number of Topliss-reactive ketones (excluding diaryl/α,β-unsaturated/α-hetero) is 1. The number of cyclic esters (lactones) is 1. The molecule has 0 saturated carbocycles. The summed E-state index contributed by atoms with van der Waals surface area (Å²) in [5.74, 6) is -2.12. The Kier molecular flexibility index (Phi) is 4.52. The van der Waals surface area contributed by atoms with Crippen molar-refractivity contribution in [3.8, 4) is 0 Å². The Balaban J connectivity index is 1.89. The number of nitrogens with zero attached hydrogens (tertiary/aromatic N) is 1. The van der Waals surface area contributed by atoms with Crippen LogP contribution in [0.3, 0.4) is 0 Å². The minimum Gasteiger partial charge on any atom is -0.434 e. The number of carbonyl (C=O) groups is 3. The Hall–Kier alpha value is -2.77. The van der Waals surface area contributed by atoms with E-state index in [4.69, 9.17) is 4.74 Å². The first-order valence-corrected chi connectivity index (χ1v) is 7.80. The van der Waals surface area contributed by atoms with Gasteiger partial charge in [-0.3, -0.25) is 14.5 Å². The van der Waals surface area contributed by atoms with Crippen LogP contribution in [0.4, 0.5) is 19.3 Å². The highest BCUT2D eigenvalue weighted by atomic mass is 19.1. The number of allylic oxidation sites excluding steroid dienone is 2. The molecule has 1 aliphatic heterocycles. The fourth-order valence-corrected chi connectivity index (χ4v) is 2.94. The molecule has 1 aliphatic carbocycles. The summed E-state index contributed by atoms with van der Waals surface area (Å²) in [5, 5.41) is 2.35. The van der Waals surface area contributed by atoms with E-state index in [2.05, 4.69) is 5.32 Å². The fraction of sp³-hybridized carbons (Fsp3) is 0.353. The molecule has 2 amide bonds. The van der Waals surface area contributed by atoms with Gasteiger partial charge >= 0.3 is 6.09 Å². The molecular weight excluding hydrogens is 334 g/mol. The number of anilines is 1. The van der Waals surface area contributed by atoms with E-state index in [1.165, 1.54) is 13.1 Å². The van der Waals surface area contributed by atoms with Crippen LogP contribution in [0.1, 0.15) is 24.8 Å². The van der Waals surface area contributed by atoms with Gasteiger partial charge in [0.05, 0.1) is 12.2 Å². The first kappa shape index (κ1) is 17.1. The SMILES string of the molecule is CNC(=O)[C@H]1CN(c2cc(F)c(C3=CCC(=O)CC3)c(F)c2)C(=O)O1. The molecule has 1 atom stereocenters. The summed E-state index contributed by atoms with van der Waals surface area (Å²) in [4.78, 5) is 35.7. The normalized spacial score (nSPS) is 20.4. The van der Waals surface area contributed by atoms with Gasteiger partial charge in [0, 0.05) is 25.5 Å². The summed E-state index contributed by atoms with van der Waals surface area (Å²) in [6, 6.07) is 2.06. The van der Waals surface area contributed by atoms with E-state index in [1.54, 1.807) is 0 Å². The van der Waals surface area contributed by atoms with Crippen molar-refractivity contribution in [2.24, 2.45) is 0 Å². The van der Waals surface area contributed by atoms with Crippen LogP contribution in [0.2, 0.25) is 0 Å². The Morgan fingerprint density at radius 3 is 2.48 bits per heavy atom. The summed E-state index contributed by atoms with van der Waals surface area (Å²) >= 11 is 0. The molecule has 0 aromatic heterocycles. The molecule has 1 heterocycles. The van der Waals surface area contributed by atoms with Crippen LogP contribution in [-0.4, -0.2) is 37.5 Å². The Morgan fingerprint density at radius 2 is 1.92 bits per heavy atom. The summed E-state index contributed by atoms with van der Waals surface area (Å²) in [6.07, 6.45) is 0.328. The van der Waals surface area contributed by atoms with Gasteiger partial charge in [0.2, 0.25) is 0 Å². The molecule has 1 aromatic carbocycles. The van der Waals surface area contributed by atoms with E-state index in [1.807, 2.05) is 0 Å². The molecule has 0 bridgehead atoms. The number of ether oxygens (including phenoxy) is 1. The zero-order chi connectivity index (χ0) is 18.1. The smallest absolute Gasteiger partial charge is 0.415 e. The lowest BCUT2D eigenvalue weighted by Crippen LogP contribution is -2.35. The molecule has 1 aromatic rings. The molecular formula is C17H16F2N2O4. The Morgan fingerprint density at radius 1 is 1.24 bits per heavy atom. The van der Waals surface area contributed by atoms with Crippen molar-refractivity contribution in [2.75, 3.05) is 18.5 Å². The van der Waals surface area contributed by atoms with Gasteiger partial charge in [-0.25, -0.2) is 13.6 Å². The van der Waals surface area contributed by atoms with E-state index in [0.717, 1.165) is 17.0 Å². The molecule has 0 radical (unpaired) electrons. The minimum atomic E-state index is -1.03. The van der Waals surface area contributed by atoms with E-state index < -0.39 is 29.7 Å². The van der Waals surface area contributed by atoms with Crippen molar-refractivity contribution in [1.82, 2.24) is 5.32 Å². The molecule has 3 rings (SSSR count). The van der Waals surface area contributed by atoms with Crippen LogP contribution >= 0.6 is 0 Å². The quantitative estimate of drug-likeness (QED) is 0.907. The van der Waals surface area contributed by atoms with Crippen LogP contribution in [0, 0.1) is 11.6 Å². The standard InChI is InChI=1S/C17H16F2N2O4/c1-20-16(23)14-8-21(17(24)25-14)10-6-12(18)15(13(19)7-10)9-2-4-11(22)5-3-9/h2,6-7,14H,3-5,8H2,1H3,(H,20,23)/t14-/m1/s1. The van der Waals surface area contributed by atoms with Crippen molar-refractivity contribution in [3.63, 3.8) is 0 Å². The number of rotatable bonds is 3. The molecule has 2 aliphatic rings. The summed E-state index contributed by atoms with van der Waals surface area (Å²) in [7, 11) is 1.40. The molecule has 132 valence electrons. The van der Waals surface area contributed by atoms with Gasteiger partial charge in [0.15, 0.2) is 6.10 Å². The maximum atomic E-state index is 14.5. The van der Waals surface area contributed by atoms with E-state index >= 15 is 0 Å². The number of ketones is 1. The van der Waals surface area contributed by atoms with Gasteiger partial charge in [0.1, 0.15) is 17.4 Å². The number of hydrogen-bond donors (Lipinski definition) is 1. The summed E-state index contributed by atoms with van der Waals surface area (Å²) < 4.78 is 33.8. The molecule has 0 unspecified atom stereocenters. The lowest BCUT2D eigenvalue weighted by Gasteiger charge is -2.17. The van der Waals surface area contributed by atoms with Crippen molar-refractivity contribution < 1.29 is 27.9 Å². The van der Waals surface area contributed by atoms with Gasteiger partial charge in [-0.05, 0) is 24.1 Å². The predicted molar refractivity (Wildman–Crippen MR) is 84.9 cm³/mol. The molecule has 1 N–H and O–H groups in total. The Bertz CT molecular complexity index is 768. The molecule has 25 heavy (non-hydrogen) atoms. The van der Waals surface area contributed by atoms with Crippen molar-refractivity contribution in [3.05, 3.63) is 35.4 Å². The first-order chi connectivity index (χ1) is 11.9. The second-order valence-electron chi connectivity index (χ2n) is 5.85. The highest BCUT2D eigenvalue weighted by Crippen LogP contribution is 2.33. The number of amides is 2. The van der Waals surface area contributed by atoms with Crippen LogP contribution in [0.25, 0.3) is 5.57 Å². The van der Waals surface area contributed by atoms with Gasteiger partial charge in [-0.15, -0.1) is 0 Å².